The molecule has 2 rings (SSSR count). The number of nitro groups is 1. The second kappa shape index (κ2) is 8.73. The summed E-state index contributed by atoms with van der Waals surface area (Å²) in [7, 11) is 0. The first-order valence-electron chi connectivity index (χ1n) is 8.11. The standard InChI is InChI=1S/C19H20N2O4/c1-3-4-9-19(22)25-20-14(2)15-10-12-16(13-11-15)17-7-5-6-8-18(17)21(23)24/h5-8,10-13H,3-4,9H2,1-2H3/b20-14+. The zero-order chi connectivity index (χ0) is 18.2. The second-order valence-corrected chi connectivity index (χ2v) is 5.60. The lowest BCUT2D eigenvalue weighted by Crippen LogP contribution is -2.03. The summed E-state index contributed by atoms with van der Waals surface area (Å²) < 4.78 is 0. The van der Waals surface area contributed by atoms with Crippen LogP contribution < -0.4 is 0 Å². The van der Waals surface area contributed by atoms with Gasteiger partial charge in [0.1, 0.15) is 0 Å². The average Bonchev–Trinajstić information content (AvgIpc) is 2.64. The van der Waals surface area contributed by atoms with E-state index in [0.717, 1.165) is 24.0 Å². The summed E-state index contributed by atoms with van der Waals surface area (Å²) in [6.45, 7) is 3.74. The van der Waals surface area contributed by atoms with Crippen LogP contribution >= 0.6 is 0 Å². The molecule has 2 aromatic rings. The Hall–Kier alpha value is -3.02. The van der Waals surface area contributed by atoms with Gasteiger partial charge in [-0.05, 0) is 30.5 Å². The highest BCUT2D eigenvalue weighted by atomic mass is 16.7. The van der Waals surface area contributed by atoms with E-state index in [1.807, 2.05) is 6.92 Å². The van der Waals surface area contributed by atoms with Crippen LogP contribution in [0, 0.1) is 10.1 Å². The van der Waals surface area contributed by atoms with Gasteiger partial charge in [0, 0.05) is 12.5 Å². The molecule has 0 bridgehead atoms. The fraction of sp³-hybridized carbons (Fsp3) is 0.263. The fourth-order valence-corrected chi connectivity index (χ4v) is 2.31. The molecule has 0 unspecified atom stereocenters. The van der Waals surface area contributed by atoms with Crippen molar-refractivity contribution in [1.82, 2.24) is 0 Å². The zero-order valence-corrected chi connectivity index (χ0v) is 14.3. The molecule has 0 aromatic heterocycles. The molecule has 0 spiro atoms. The molecule has 0 saturated heterocycles. The number of benzene rings is 2. The highest BCUT2D eigenvalue weighted by Crippen LogP contribution is 2.29. The van der Waals surface area contributed by atoms with E-state index in [2.05, 4.69) is 5.16 Å². The van der Waals surface area contributed by atoms with Gasteiger partial charge in [0.15, 0.2) is 0 Å². The van der Waals surface area contributed by atoms with Crippen LogP contribution in [0.4, 0.5) is 5.69 Å². The van der Waals surface area contributed by atoms with E-state index in [1.54, 1.807) is 49.4 Å². The number of unbranched alkanes of at least 4 members (excludes halogenated alkanes) is 1. The maximum Gasteiger partial charge on any atom is 0.335 e. The van der Waals surface area contributed by atoms with Crippen LogP contribution in [-0.2, 0) is 9.63 Å². The number of nitrogens with zero attached hydrogens (tertiary/aromatic N) is 2. The highest BCUT2D eigenvalue weighted by Gasteiger charge is 2.14. The smallest absolute Gasteiger partial charge is 0.318 e. The van der Waals surface area contributed by atoms with Gasteiger partial charge >= 0.3 is 5.97 Å². The predicted molar refractivity (Wildman–Crippen MR) is 96.4 cm³/mol. The number of oxime groups is 1. The Bertz CT molecular complexity index is 782. The Morgan fingerprint density at radius 3 is 2.48 bits per heavy atom. The molecule has 6 nitrogen and oxygen atoms in total. The Morgan fingerprint density at radius 1 is 1.16 bits per heavy atom. The molecular weight excluding hydrogens is 320 g/mol. The first-order chi connectivity index (χ1) is 12.0. The predicted octanol–water partition coefficient (Wildman–Crippen LogP) is 4.72. The van der Waals surface area contributed by atoms with E-state index in [-0.39, 0.29) is 11.7 Å². The van der Waals surface area contributed by atoms with Crippen LogP contribution in [0.2, 0.25) is 0 Å². The maximum absolute atomic E-state index is 11.5. The van der Waals surface area contributed by atoms with Gasteiger partial charge in [-0.1, -0.05) is 54.9 Å². The molecule has 0 heterocycles. The van der Waals surface area contributed by atoms with Crippen molar-refractivity contribution in [3.63, 3.8) is 0 Å². The molecule has 0 aliphatic heterocycles. The molecule has 6 heteroatoms. The normalized spacial score (nSPS) is 11.2. The van der Waals surface area contributed by atoms with Gasteiger partial charge in [-0.15, -0.1) is 0 Å². The van der Waals surface area contributed by atoms with Gasteiger partial charge in [0.05, 0.1) is 16.2 Å². The minimum atomic E-state index is -0.397. The Kier molecular flexibility index (Phi) is 6.39. The lowest BCUT2D eigenvalue weighted by atomic mass is 10.0. The summed E-state index contributed by atoms with van der Waals surface area (Å²) in [6, 6.07) is 13.8. The number of rotatable bonds is 7. The van der Waals surface area contributed by atoms with E-state index in [9.17, 15) is 14.9 Å². The molecule has 0 fully saturated rings. The lowest BCUT2D eigenvalue weighted by molar-refractivity contribution is -0.384. The third-order valence-electron chi connectivity index (χ3n) is 3.73. The average molecular weight is 340 g/mol. The number of carbonyl (C=O) groups excluding carboxylic acids is 1. The van der Waals surface area contributed by atoms with Crippen molar-refractivity contribution in [1.29, 1.82) is 0 Å². The Balaban J connectivity index is 2.15. The number of hydrogen-bond acceptors (Lipinski definition) is 5. The van der Waals surface area contributed by atoms with Crippen LogP contribution in [0.1, 0.15) is 38.7 Å². The van der Waals surface area contributed by atoms with Crippen LogP contribution in [0.25, 0.3) is 11.1 Å². The molecule has 0 radical (unpaired) electrons. The summed E-state index contributed by atoms with van der Waals surface area (Å²) >= 11 is 0. The number of nitro benzene ring substituents is 1. The maximum atomic E-state index is 11.5. The van der Waals surface area contributed by atoms with E-state index in [0.29, 0.717) is 17.7 Å². The van der Waals surface area contributed by atoms with Crippen molar-refractivity contribution in [2.24, 2.45) is 5.16 Å². The van der Waals surface area contributed by atoms with E-state index in [4.69, 9.17) is 4.84 Å². The van der Waals surface area contributed by atoms with Gasteiger partial charge in [0.2, 0.25) is 0 Å². The van der Waals surface area contributed by atoms with Crippen molar-refractivity contribution in [3.05, 3.63) is 64.2 Å². The lowest BCUT2D eigenvalue weighted by Gasteiger charge is -2.05. The summed E-state index contributed by atoms with van der Waals surface area (Å²) in [5, 5.41) is 15.0. The van der Waals surface area contributed by atoms with Crippen molar-refractivity contribution < 1.29 is 14.6 Å². The third kappa shape index (κ3) is 4.97. The molecule has 0 amide bonds. The van der Waals surface area contributed by atoms with Crippen molar-refractivity contribution in [3.8, 4) is 11.1 Å². The Morgan fingerprint density at radius 2 is 1.84 bits per heavy atom. The number of para-hydroxylation sites is 1. The first-order valence-corrected chi connectivity index (χ1v) is 8.11. The molecule has 0 atom stereocenters. The Labute approximate surface area is 146 Å². The minimum Gasteiger partial charge on any atom is -0.318 e. The molecule has 0 saturated carbocycles. The fourth-order valence-electron chi connectivity index (χ4n) is 2.31. The van der Waals surface area contributed by atoms with Crippen molar-refractivity contribution >= 4 is 17.4 Å². The van der Waals surface area contributed by atoms with Crippen LogP contribution in [0.15, 0.2) is 53.7 Å². The van der Waals surface area contributed by atoms with E-state index >= 15 is 0 Å². The number of carbonyl (C=O) groups is 1. The highest BCUT2D eigenvalue weighted by molar-refractivity contribution is 5.99. The molecule has 0 aliphatic rings. The molecule has 0 aliphatic carbocycles. The summed E-state index contributed by atoms with van der Waals surface area (Å²) in [5.41, 5.74) is 2.71. The second-order valence-electron chi connectivity index (χ2n) is 5.60. The zero-order valence-electron chi connectivity index (χ0n) is 14.3. The van der Waals surface area contributed by atoms with Crippen molar-refractivity contribution in [2.45, 2.75) is 33.1 Å². The minimum absolute atomic E-state index is 0.0606. The van der Waals surface area contributed by atoms with Crippen molar-refractivity contribution in [2.75, 3.05) is 0 Å². The molecule has 0 N–H and O–H groups in total. The van der Waals surface area contributed by atoms with Crippen LogP contribution in [0.5, 0.6) is 0 Å². The van der Waals surface area contributed by atoms with E-state index in [1.165, 1.54) is 6.07 Å². The van der Waals surface area contributed by atoms with Gasteiger partial charge < -0.3 is 4.84 Å². The summed E-state index contributed by atoms with van der Waals surface area (Å²) in [4.78, 5) is 27.1. The van der Waals surface area contributed by atoms with Gasteiger partial charge in [-0.3, -0.25) is 10.1 Å². The van der Waals surface area contributed by atoms with Gasteiger partial charge in [-0.2, -0.15) is 0 Å². The topological polar surface area (TPSA) is 81.8 Å². The molecule has 130 valence electrons. The first kappa shape index (κ1) is 18.3. The SMILES string of the molecule is CCCCC(=O)O/N=C(\C)c1ccc(-c2ccccc2[N+](=O)[O-])cc1. The van der Waals surface area contributed by atoms with Gasteiger partial charge in [-0.25, -0.2) is 4.79 Å². The number of hydrogen-bond donors (Lipinski definition) is 0. The van der Waals surface area contributed by atoms with Crippen LogP contribution in [0.3, 0.4) is 0 Å². The molecule has 2 aromatic carbocycles. The monoisotopic (exact) mass is 340 g/mol. The molecular formula is C19H20N2O4. The third-order valence-corrected chi connectivity index (χ3v) is 3.73. The van der Waals surface area contributed by atoms with E-state index < -0.39 is 4.92 Å². The quantitative estimate of drug-likeness (QED) is 0.316. The van der Waals surface area contributed by atoms with Gasteiger partial charge in [0.25, 0.3) is 5.69 Å². The summed E-state index contributed by atoms with van der Waals surface area (Å²) in [5.74, 6) is -0.349. The molecule has 25 heavy (non-hydrogen) atoms. The van der Waals surface area contributed by atoms with Crippen LogP contribution in [-0.4, -0.2) is 16.6 Å². The summed E-state index contributed by atoms with van der Waals surface area (Å²) in [6.07, 6.45) is 2.05. The largest absolute Gasteiger partial charge is 0.335 e.